The highest BCUT2D eigenvalue weighted by atomic mass is 32.2. The van der Waals surface area contributed by atoms with Crippen molar-refractivity contribution in [1.82, 2.24) is 0 Å². The summed E-state index contributed by atoms with van der Waals surface area (Å²) in [5.41, 5.74) is -7.25. The van der Waals surface area contributed by atoms with Crippen molar-refractivity contribution in [2.75, 3.05) is 13.2 Å². The molecule has 1 unspecified atom stereocenters. The molecule has 130 valence electrons. The van der Waals surface area contributed by atoms with Gasteiger partial charge in [0, 0.05) is 17.5 Å². The van der Waals surface area contributed by atoms with E-state index in [1.54, 1.807) is 0 Å². The number of hydrogen-bond acceptors (Lipinski definition) is 5. The predicted molar refractivity (Wildman–Crippen MR) is 65.9 cm³/mol. The number of hydrogen-bond donors (Lipinski definition) is 2. The third-order valence-electron chi connectivity index (χ3n) is 3.30. The van der Waals surface area contributed by atoms with Crippen molar-refractivity contribution in [3.63, 3.8) is 0 Å². The number of aliphatic hydroxyl groups excluding tert-OH is 2. The smallest absolute Gasteiger partial charge is 0.491 e. The van der Waals surface area contributed by atoms with E-state index >= 15 is 0 Å². The summed E-state index contributed by atoms with van der Waals surface area (Å²) in [5.74, 6) is -4.15. The van der Waals surface area contributed by atoms with Crippen molar-refractivity contribution in [2.45, 2.75) is 28.9 Å². The molecule has 11 heteroatoms. The van der Waals surface area contributed by atoms with E-state index < -0.39 is 56.4 Å². The summed E-state index contributed by atoms with van der Waals surface area (Å²) in [6.45, 7) is -0.824. The van der Waals surface area contributed by atoms with Gasteiger partial charge in [-0.2, -0.15) is 13.2 Å². The average molecular weight is 362 g/mol. The Morgan fingerprint density at radius 3 is 2.43 bits per heavy atom. The van der Waals surface area contributed by atoms with Gasteiger partial charge in [-0.3, -0.25) is 0 Å². The van der Waals surface area contributed by atoms with Crippen LogP contribution >= 0.6 is 0 Å². The summed E-state index contributed by atoms with van der Waals surface area (Å²) in [4.78, 5) is -1.43. The summed E-state index contributed by atoms with van der Waals surface area (Å²) < 4.78 is 93.4. The van der Waals surface area contributed by atoms with Crippen LogP contribution in [-0.2, 0) is 16.3 Å². The molecule has 0 spiro atoms. The van der Waals surface area contributed by atoms with E-state index in [-0.39, 0.29) is 12.4 Å². The Bertz CT molecular complexity index is 713. The zero-order chi connectivity index (χ0) is 17.6. The van der Waals surface area contributed by atoms with Gasteiger partial charge in [0.25, 0.3) is 15.8 Å². The van der Waals surface area contributed by atoms with Crippen LogP contribution in [0.1, 0.15) is 17.2 Å². The molecule has 2 N–H and O–H groups in total. The second-order valence-electron chi connectivity index (χ2n) is 4.82. The number of benzene rings is 1. The van der Waals surface area contributed by atoms with Gasteiger partial charge in [0.15, 0.2) is 0 Å². The van der Waals surface area contributed by atoms with Crippen LogP contribution in [0.2, 0.25) is 0 Å². The zero-order valence-electron chi connectivity index (χ0n) is 11.3. The molecule has 1 aromatic rings. The lowest BCUT2D eigenvalue weighted by Crippen LogP contribution is -2.26. The van der Waals surface area contributed by atoms with Crippen molar-refractivity contribution in [1.29, 1.82) is 0 Å². The molecule has 0 bridgehead atoms. The second-order valence-corrected chi connectivity index (χ2v) is 6.73. The summed E-state index contributed by atoms with van der Waals surface area (Å²) >= 11 is 0. The van der Waals surface area contributed by atoms with Crippen LogP contribution in [0.5, 0.6) is 5.75 Å². The van der Waals surface area contributed by atoms with Crippen LogP contribution in [0.4, 0.5) is 22.0 Å². The Kier molecular flexibility index (Phi) is 4.33. The second kappa shape index (κ2) is 5.56. The minimum Gasteiger partial charge on any atom is -0.491 e. The van der Waals surface area contributed by atoms with Gasteiger partial charge >= 0.3 is 5.51 Å². The Labute approximate surface area is 127 Å². The van der Waals surface area contributed by atoms with Crippen molar-refractivity contribution in [2.24, 2.45) is 0 Å². The molecule has 1 aliphatic rings. The van der Waals surface area contributed by atoms with Crippen molar-refractivity contribution in [3.8, 4) is 5.75 Å². The van der Waals surface area contributed by atoms with Gasteiger partial charge in [0.05, 0.1) is 11.5 Å². The standard InChI is InChI=1S/C12H11F5O5S/c13-11(14)5-6-7(22-4-3-18)1-2-8(9(6)10(11)19)23(20,21)12(15,16)17/h1-2,10,18-19H,3-5H2. The largest absolute Gasteiger partial charge is 0.501 e. The first kappa shape index (κ1) is 17.9. The third-order valence-corrected chi connectivity index (χ3v) is 4.85. The highest BCUT2D eigenvalue weighted by molar-refractivity contribution is 7.92. The van der Waals surface area contributed by atoms with E-state index in [0.717, 1.165) is 6.07 Å². The van der Waals surface area contributed by atoms with Gasteiger partial charge in [-0.25, -0.2) is 17.2 Å². The maximum Gasteiger partial charge on any atom is 0.501 e. The molecule has 0 aliphatic heterocycles. The molecule has 0 radical (unpaired) electrons. The van der Waals surface area contributed by atoms with E-state index in [2.05, 4.69) is 0 Å². The highest BCUT2D eigenvalue weighted by Gasteiger charge is 2.55. The van der Waals surface area contributed by atoms with E-state index in [9.17, 15) is 35.5 Å². The quantitative estimate of drug-likeness (QED) is 0.795. The Balaban J connectivity index is 2.69. The van der Waals surface area contributed by atoms with Crippen molar-refractivity contribution in [3.05, 3.63) is 23.3 Å². The van der Waals surface area contributed by atoms with E-state index in [0.29, 0.717) is 6.07 Å². The molecular weight excluding hydrogens is 351 g/mol. The minimum atomic E-state index is -5.92. The van der Waals surface area contributed by atoms with Gasteiger partial charge in [0.2, 0.25) is 0 Å². The third kappa shape index (κ3) is 2.88. The molecule has 0 amide bonds. The number of halogens is 5. The van der Waals surface area contributed by atoms with Crippen LogP contribution in [0, 0.1) is 0 Å². The fourth-order valence-electron chi connectivity index (χ4n) is 2.30. The number of alkyl halides is 5. The minimum absolute atomic E-state index is 0.314. The number of rotatable bonds is 4. The van der Waals surface area contributed by atoms with Gasteiger partial charge in [0.1, 0.15) is 18.5 Å². The topological polar surface area (TPSA) is 83.8 Å². The van der Waals surface area contributed by atoms with Crippen LogP contribution in [-0.4, -0.2) is 43.3 Å². The summed E-state index contributed by atoms with van der Waals surface area (Å²) in [6.07, 6.45) is -3.88. The van der Waals surface area contributed by atoms with Gasteiger partial charge in [-0.1, -0.05) is 0 Å². The molecule has 5 nitrogen and oxygen atoms in total. The molecule has 0 fully saturated rings. The first-order chi connectivity index (χ1) is 10.4. The Morgan fingerprint density at radius 2 is 1.91 bits per heavy atom. The lowest BCUT2D eigenvalue weighted by Gasteiger charge is -2.17. The van der Waals surface area contributed by atoms with Crippen molar-refractivity contribution >= 4 is 9.84 Å². The monoisotopic (exact) mass is 362 g/mol. The molecule has 0 saturated carbocycles. The fraction of sp³-hybridized carbons (Fsp3) is 0.500. The molecule has 2 rings (SSSR count). The molecular formula is C12H11F5O5S. The average Bonchev–Trinajstić information content (AvgIpc) is 2.66. The van der Waals surface area contributed by atoms with Gasteiger partial charge < -0.3 is 14.9 Å². The molecule has 0 aromatic heterocycles. The van der Waals surface area contributed by atoms with Crippen LogP contribution in [0.15, 0.2) is 17.0 Å². The fourth-order valence-corrected chi connectivity index (χ4v) is 3.32. The van der Waals surface area contributed by atoms with Crippen molar-refractivity contribution < 1.29 is 45.3 Å². The van der Waals surface area contributed by atoms with E-state index in [1.807, 2.05) is 0 Å². The lowest BCUT2D eigenvalue weighted by molar-refractivity contribution is -0.0978. The predicted octanol–water partition coefficient (Wildman–Crippen LogP) is 1.58. The van der Waals surface area contributed by atoms with E-state index in [4.69, 9.17) is 9.84 Å². The molecule has 0 saturated heterocycles. The van der Waals surface area contributed by atoms with Crippen LogP contribution < -0.4 is 4.74 Å². The maximum absolute atomic E-state index is 13.7. The first-order valence-electron chi connectivity index (χ1n) is 6.20. The molecule has 1 atom stereocenters. The maximum atomic E-state index is 13.7. The van der Waals surface area contributed by atoms with E-state index in [1.165, 1.54) is 0 Å². The lowest BCUT2D eigenvalue weighted by atomic mass is 10.1. The van der Waals surface area contributed by atoms with Crippen LogP contribution in [0.25, 0.3) is 0 Å². The zero-order valence-corrected chi connectivity index (χ0v) is 12.1. The summed E-state index contributed by atoms with van der Waals surface area (Å²) in [6, 6.07) is 1.25. The molecule has 1 aliphatic carbocycles. The summed E-state index contributed by atoms with van der Waals surface area (Å²) in [7, 11) is -5.92. The number of ether oxygens (including phenoxy) is 1. The highest BCUT2D eigenvalue weighted by Crippen LogP contribution is 2.50. The number of sulfone groups is 1. The summed E-state index contributed by atoms with van der Waals surface area (Å²) in [5, 5.41) is 18.2. The Morgan fingerprint density at radius 1 is 1.30 bits per heavy atom. The first-order valence-corrected chi connectivity index (χ1v) is 7.68. The molecule has 0 heterocycles. The van der Waals surface area contributed by atoms with Crippen LogP contribution in [0.3, 0.4) is 0 Å². The molecule has 23 heavy (non-hydrogen) atoms. The number of aliphatic hydroxyl groups is 2. The molecule has 1 aromatic carbocycles. The van der Waals surface area contributed by atoms with Gasteiger partial charge in [-0.05, 0) is 12.1 Å². The SMILES string of the molecule is O=S(=O)(c1ccc(OCCO)c2c1C(O)C(F)(F)C2)C(F)(F)F. The Hall–Kier alpha value is -1.46. The number of fused-ring (bicyclic) bond motifs is 1. The normalized spacial score (nSPS) is 20.4. The van der Waals surface area contributed by atoms with Gasteiger partial charge in [-0.15, -0.1) is 0 Å².